The SMILES string of the molecule is CC(C)(C)OC(=O)N1CC2(CC2)C[C@H]1C(=O)N1C[C@@]2(C[C@H]1C(N)=O)Oc1cccnc1NC2=O. The second-order valence-electron chi connectivity index (χ2n) is 10.8. The monoisotopic (exact) mass is 471 g/mol. The topological polar surface area (TPSA) is 144 Å². The first-order valence-electron chi connectivity index (χ1n) is 11.5. The predicted octanol–water partition coefficient (Wildman–Crippen LogP) is 1.03. The molecule has 0 unspecified atom stereocenters. The van der Waals surface area contributed by atoms with Gasteiger partial charge in [0.25, 0.3) is 5.91 Å². The Balaban J connectivity index is 1.43. The van der Waals surface area contributed by atoms with Crippen molar-refractivity contribution in [2.45, 2.75) is 69.7 Å². The molecule has 1 aromatic heterocycles. The third kappa shape index (κ3) is 3.72. The maximum atomic E-state index is 13.8. The lowest BCUT2D eigenvalue weighted by Gasteiger charge is -2.34. The molecule has 11 nitrogen and oxygen atoms in total. The Morgan fingerprint density at radius 3 is 2.56 bits per heavy atom. The first-order chi connectivity index (χ1) is 15.9. The number of anilines is 1. The molecule has 5 rings (SSSR count). The Hall–Kier alpha value is -3.37. The normalized spacial score (nSPS) is 29.0. The van der Waals surface area contributed by atoms with Crippen LogP contribution in [0.2, 0.25) is 0 Å². The second kappa shape index (κ2) is 7.31. The van der Waals surface area contributed by atoms with E-state index in [0.717, 1.165) is 12.8 Å². The van der Waals surface area contributed by atoms with Crippen LogP contribution in [0.25, 0.3) is 0 Å². The van der Waals surface area contributed by atoms with Crippen molar-refractivity contribution in [1.29, 1.82) is 0 Å². The average molecular weight is 472 g/mol. The van der Waals surface area contributed by atoms with E-state index >= 15 is 0 Å². The van der Waals surface area contributed by atoms with Crippen LogP contribution in [-0.2, 0) is 19.1 Å². The van der Waals surface area contributed by atoms with Crippen LogP contribution in [-0.4, -0.2) is 75.0 Å². The Kier molecular flexibility index (Phi) is 4.82. The second-order valence-corrected chi connectivity index (χ2v) is 10.8. The largest absolute Gasteiger partial charge is 0.472 e. The van der Waals surface area contributed by atoms with Crippen molar-refractivity contribution in [2.75, 3.05) is 18.4 Å². The number of primary amides is 1. The van der Waals surface area contributed by atoms with Gasteiger partial charge in [0.05, 0.1) is 6.54 Å². The molecule has 182 valence electrons. The molecule has 1 aromatic rings. The van der Waals surface area contributed by atoms with Crippen LogP contribution in [0.5, 0.6) is 5.75 Å². The van der Waals surface area contributed by atoms with Crippen LogP contribution in [0.4, 0.5) is 10.6 Å². The van der Waals surface area contributed by atoms with Gasteiger partial charge in [0, 0.05) is 19.2 Å². The highest BCUT2D eigenvalue weighted by atomic mass is 16.6. The zero-order valence-electron chi connectivity index (χ0n) is 19.5. The number of carbonyl (C=O) groups is 4. The smallest absolute Gasteiger partial charge is 0.410 e. The lowest BCUT2D eigenvalue weighted by molar-refractivity contribution is -0.141. The molecule has 3 fully saturated rings. The number of nitrogens with two attached hydrogens (primary N) is 1. The number of hydrogen-bond donors (Lipinski definition) is 2. The third-order valence-corrected chi connectivity index (χ3v) is 7.04. The molecule has 1 aliphatic carbocycles. The Labute approximate surface area is 196 Å². The molecule has 2 saturated heterocycles. The molecule has 3 N–H and O–H groups in total. The van der Waals surface area contributed by atoms with E-state index in [1.165, 1.54) is 16.0 Å². The standard InChI is InChI=1S/C23H29N5O6/c1-21(2,3)34-20(32)28-11-22(6-7-22)9-14(28)18(30)27-12-23(10-13(27)16(24)29)19(31)26-17-15(33-23)5-4-8-25-17/h4-5,8,13-14H,6-7,9-12H2,1-3H3,(H2,24,29)(H,25,26,31)/t13-,14-,23+/m0/s1. The number of pyridine rings is 1. The van der Waals surface area contributed by atoms with Gasteiger partial charge in [-0.3, -0.25) is 19.3 Å². The molecular formula is C23H29N5O6. The summed E-state index contributed by atoms with van der Waals surface area (Å²) in [4.78, 5) is 59.0. The van der Waals surface area contributed by atoms with Crippen LogP contribution in [0.15, 0.2) is 18.3 Å². The maximum Gasteiger partial charge on any atom is 0.410 e. The number of nitrogens with zero attached hydrogens (tertiary/aromatic N) is 3. The zero-order chi connectivity index (χ0) is 24.5. The van der Waals surface area contributed by atoms with Crippen LogP contribution < -0.4 is 15.8 Å². The van der Waals surface area contributed by atoms with Gasteiger partial charge in [0.1, 0.15) is 17.7 Å². The van der Waals surface area contributed by atoms with Crippen molar-refractivity contribution < 1.29 is 28.7 Å². The van der Waals surface area contributed by atoms with Gasteiger partial charge in [0.2, 0.25) is 17.4 Å². The minimum atomic E-state index is -1.47. The zero-order valence-corrected chi connectivity index (χ0v) is 19.5. The number of amides is 4. The number of aromatic nitrogens is 1. The summed E-state index contributed by atoms with van der Waals surface area (Å²) >= 11 is 0. The highest BCUT2D eigenvalue weighted by molar-refractivity contribution is 6.02. The molecule has 3 atom stereocenters. The van der Waals surface area contributed by atoms with Crippen molar-refractivity contribution >= 4 is 29.6 Å². The summed E-state index contributed by atoms with van der Waals surface area (Å²) in [5.41, 5.74) is 3.37. The first-order valence-corrected chi connectivity index (χ1v) is 11.5. The van der Waals surface area contributed by atoms with Gasteiger partial charge < -0.3 is 25.4 Å². The average Bonchev–Trinajstić information content (AvgIpc) is 3.22. The molecule has 0 bridgehead atoms. The van der Waals surface area contributed by atoms with Gasteiger partial charge in [-0.2, -0.15) is 0 Å². The van der Waals surface area contributed by atoms with Crippen molar-refractivity contribution in [3.63, 3.8) is 0 Å². The quantitative estimate of drug-likeness (QED) is 0.655. The molecular weight excluding hydrogens is 442 g/mol. The number of fused-ring (bicyclic) bond motifs is 1. The lowest BCUT2D eigenvalue weighted by Crippen LogP contribution is -2.55. The third-order valence-electron chi connectivity index (χ3n) is 7.04. The highest BCUT2D eigenvalue weighted by Gasteiger charge is 2.61. The van der Waals surface area contributed by atoms with E-state index in [2.05, 4.69) is 10.3 Å². The van der Waals surface area contributed by atoms with Crippen molar-refractivity contribution in [2.24, 2.45) is 11.1 Å². The van der Waals surface area contributed by atoms with E-state index in [-0.39, 0.29) is 24.2 Å². The van der Waals surface area contributed by atoms with Gasteiger partial charge in [-0.05, 0) is 57.6 Å². The molecule has 2 spiro atoms. The maximum absolute atomic E-state index is 13.8. The summed E-state index contributed by atoms with van der Waals surface area (Å²) in [6.45, 7) is 5.57. The first kappa shape index (κ1) is 22.4. The molecule has 11 heteroatoms. The van der Waals surface area contributed by atoms with E-state index in [4.69, 9.17) is 15.2 Å². The van der Waals surface area contributed by atoms with Gasteiger partial charge in [-0.1, -0.05) is 0 Å². The van der Waals surface area contributed by atoms with Crippen molar-refractivity contribution in [3.8, 4) is 5.75 Å². The summed E-state index contributed by atoms with van der Waals surface area (Å²) < 4.78 is 11.6. The van der Waals surface area contributed by atoms with Gasteiger partial charge in [-0.15, -0.1) is 0 Å². The van der Waals surface area contributed by atoms with Crippen LogP contribution in [0, 0.1) is 5.41 Å². The van der Waals surface area contributed by atoms with E-state index in [1.54, 1.807) is 32.9 Å². The Morgan fingerprint density at radius 1 is 1.18 bits per heavy atom. The minimum Gasteiger partial charge on any atom is -0.472 e. The fourth-order valence-electron chi connectivity index (χ4n) is 5.16. The molecule has 4 amide bonds. The summed E-state index contributed by atoms with van der Waals surface area (Å²) in [6.07, 6.45) is 3.21. The summed E-state index contributed by atoms with van der Waals surface area (Å²) in [5.74, 6) is -1.02. The van der Waals surface area contributed by atoms with Gasteiger partial charge in [0.15, 0.2) is 11.6 Å². The Morgan fingerprint density at radius 2 is 1.91 bits per heavy atom. The van der Waals surface area contributed by atoms with Gasteiger partial charge in [-0.25, -0.2) is 9.78 Å². The Bertz CT molecular complexity index is 1080. The van der Waals surface area contributed by atoms with E-state index in [1.807, 2.05) is 0 Å². The van der Waals surface area contributed by atoms with E-state index in [9.17, 15) is 19.2 Å². The number of ether oxygens (including phenoxy) is 2. The van der Waals surface area contributed by atoms with Gasteiger partial charge >= 0.3 is 6.09 Å². The number of hydrogen-bond acceptors (Lipinski definition) is 7. The predicted molar refractivity (Wildman–Crippen MR) is 119 cm³/mol. The number of nitrogens with one attached hydrogen (secondary N) is 1. The molecule has 0 radical (unpaired) electrons. The lowest BCUT2D eigenvalue weighted by atomic mass is 9.97. The highest BCUT2D eigenvalue weighted by Crippen LogP contribution is 2.55. The van der Waals surface area contributed by atoms with Crippen molar-refractivity contribution in [3.05, 3.63) is 18.3 Å². The fraction of sp³-hybridized carbons (Fsp3) is 0.609. The molecule has 0 aromatic carbocycles. The van der Waals surface area contributed by atoms with E-state index in [0.29, 0.717) is 18.7 Å². The number of rotatable bonds is 2. The summed E-state index contributed by atoms with van der Waals surface area (Å²) in [5, 5.41) is 2.71. The molecule has 4 heterocycles. The fourth-order valence-corrected chi connectivity index (χ4v) is 5.16. The molecule has 4 aliphatic rings. The molecule has 3 aliphatic heterocycles. The summed E-state index contributed by atoms with van der Waals surface area (Å²) in [6, 6.07) is 1.48. The minimum absolute atomic E-state index is 0.0848. The van der Waals surface area contributed by atoms with Crippen LogP contribution in [0.3, 0.4) is 0 Å². The summed E-state index contributed by atoms with van der Waals surface area (Å²) in [7, 11) is 0. The van der Waals surface area contributed by atoms with Crippen LogP contribution in [0.1, 0.15) is 46.5 Å². The number of likely N-dealkylation sites (tertiary alicyclic amines) is 2. The van der Waals surface area contributed by atoms with Crippen LogP contribution >= 0.6 is 0 Å². The van der Waals surface area contributed by atoms with E-state index < -0.39 is 47.1 Å². The number of carbonyl (C=O) groups excluding carboxylic acids is 4. The molecule has 34 heavy (non-hydrogen) atoms. The van der Waals surface area contributed by atoms with Crippen molar-refractivity contribution in [1.82, 2.24) is 14.8 Å². The molecule has 1 saturated carbocycles.